The van der Waals surface area contributed by atoms with Crippen LogP contribution in [0.15, 0.2) is 78.9 Å². The molecule has 0 fully saturated rings. The maximum absolute atomic E-state index is 13.5. The molecule has 0 unspecified atom stereocenters. The lowest BCUT2D eigenvalue weighted by atomic mass is 10.0. The number of aryl methyl sites for hydroxylation is 1. The van der Waals surface area contributed by atoms with E-state index in [2.05, 4.69) is 16.0 Å². The number of nitrogens with one attached hydrogen (secondary N) is 3. The molecule has 1 atom stereocenters. The Hall–Kier alpha value is -4.38. The van der Waals surface area contributed by atoms with E-state index in [1.807, 2.05) is 61.5 Å². The van der Waals surface area contributed by atoms with Crippen LogP contribution in [0.25, 0.3) is 0 Å². The molecule has 3 aromatic carbocycles. The largest absolute Gasteiger partial charge is 0.383 e. The number of hydrogen-bond acceptors (Lipinski definition) is 7. The third-order valence-corrected chi connectivity index (χ3v) is 7.35. The molecule has 0 heterocycles. The topological polar surface area (TPSA) is 134 Å². The van der Waals surface area contributed by atoms with E-state index in [1.54, 1.807) is 17.0 Å². The first-order valence-electron chi connectivity index (χ1n) is 13.8. The number of para-hydroxylation sites is 1. The lowest BCUT2D eigenvalue weighted by Crippen LogP contribution is -2.53. The average Bonchev–Trinajstić information content (AvgIpc) is 2.98. The number of nitrogens with zero attached hydrogens (tertiary/aromatic N) is 2. The molecular weight excluding hydrogens is 554 g/mol. The normalized spacial score (nSPS) is 11.3. The van der Waals surface area contributed by atoms with Crippen molar-refractivity contribution in [1.29, 1.82) is 0 Å². The monoisotopic (exact) mass is 591 g/mol. The van der Waals surface area contributed by atoms with Gasteiger partial charge in [-0.05, 0) is 36.1 Å². The molecule has 222 valence electrons. The molecule has 0 saturated carbocycles. The van der Waals surface area contributed by atoms with E-state index in [4.69, 9.17) is 0 Å². The number of benzene rings is 3. The van der Waals surface area contributed by atoms with Crippen LogP contribution in [-0.2, 0) is 22.4 Å². The van der Waals surface area contributed by atoms with Crippen molar-refractivity contribution < 1.29 is 19.3 Å². The molecule has 0 aromatic heterocycles. The summed E-state index contributed by atoms with van der Waals surface area (Å²) in [5.41, 5.74) is 3.74. The smallest absolute Gasteiger partial charge is 0.318 e. The average molecular weight is 592 g/mol. The van der Waals surface area contributed by atoms with Crippen molar-refractivity contribution in [3.63, 3.8) is 0 Å². The van der Waals surface area contributed by atoms with Gasteiger partial charge in [-0.25, -0.2) is 4.79 Å². The third kappa shape index (κ3) is 10.9. The van der Waals surface area contributed by atoms with Gasteiger partial charge in [-0.2, -0.15) is 0 Å². The zero-order chi connectivity index (χ0) is 30.3. The number of anilines is 1. The van der Waals surface area contributed by atoms with Crippen molar-refractivity contribution in [1.82, 2.24) is 15.5 Å². The van der Waals surface area contributed by atoms with E-state index < -0.39 is 17.0 Å². The van der Waals surface area contributed by atoms with E-state index in [-0.39, 0.29) is 23.1 Å². The Kier molecular flexibility index (Phi) is 12.8. The van der Waals surface area contributed by atoms with Gasteiger partial charge in [-0.1, -0.05) is 72.4 Å². The molecule has 0 aliphatic carbocycles. The van der Waals surface area contributed by atoms with Crippen LogP contribution >= 0.6 is 11.8 Å². The van der Waals surface area contributed by atoms with Gasteiger partial charge >= 0.3 is 6.03 Å². The SMILES string of the molecule is CC(=O)SCCN(CCc1ccccc1)C(=O)N[C@@H](Cc1ccc([N+](=O)[O-])cc1)C(=O)NCCNc1ccccc1C. The van der Waals surface area contributed by atoms with E-state index >= 15 is 0 Å². The zero-order valence-electron chi connectivity index (χ0n) is 23.9. The Morgan fingerprint density at radius 3 is 2.26 bits per heavy atom. The van der Waals surface area contributed by atoms with Crippen LogP contribution in [0.4, 0.5) is 16.2 Å². The number of carbonyl (C=O) groups is 3. The molecule has 3 amide bonds. The number of nitro groups is 1. The summed E-state index contributed by atoms with van der Waals surface area (Å²) in [6.45, 7) is 5.02. The molecule has 3 aromatic rings. The fraction of sp³-hybridized carbons (Fsp3) is 0.323. The molecule has 3 N–H and O–H groups in total. The van der Waals surface area contributed by atoms with Crippen molar-refractivity contribution in [2.45, 2.75) is 32.7 Å². The molecular formula is C31H37N5O5S. The maximum Gasteiger partial charge on any atom is 0.318 e. The highest BCUT2D eigenvalue weighted by molar-refractivity contribution is 8.13. The second-order valence-electron chi connectivity index (χ2n) is 9.73. The Balaban J connectivity index is 1.69. The Morgan fingerprint density at radius 2 is 1.60 bits per heavy atom. The van der Waals surface area contributed by atoms with Crippen LogP contribution in [0.2, 0.25) is 0 Å². The number of nitro benzene ring substituents is 1. The van der Waals surface area contributed by atoms with E-state index in [1.165, 1.54) is 19.1 Å². The summed E-state index contributed by atoms with van der Waals surface area (Å²) in [5.74, 6) is 0.0656. The lowest BCUT2D eigenvalue weighted by molar-refractivity contribution is -0.384. The lowest BCUT2D eigenvalue weighted by Gasteiger charge is -2.26. The minimum atomic E-state index is -0.919. The summed E-state index contributed by atoms with van der Waals surface area (Å²) in [4.78, 5) is 50.5. The molecule has 0 aliphatic heterocycles. The van der Waals surface area contributed by atoms with Gasteiger partial charge in [0.15, 0.2) is 5.12 Å². The minimum absolute atomic E-state index is 0.0341. The number of urea groups is 1. The highest BCUT2D eigenvalue weighted by atomic mass is 32.2. The number of hydrogen-bond donors (Lipinski definition) is 3. The Morgan fingerprint density at radius 1 is 0.905 bits per heavy atom. The van der Waals surface area contributed by atoms with Gasteiger partial charge in [0.25, 0.3) is 5.69 Å². The van der Waals surface area contributed by atoms with Gasteiger partial charge < -0.3 is 20.9 Å². The summed E-state index contributed by atoms with van der Waals surface area (Å²) in [7, 11) is 0. The fourth-order valence-corrected chi connectivity index (χ4v) is 4.84. The van der Waals surface area contributed by atoms with Crippen molar-refractivity contribution in [2.24, 2.45) is 0 Å². The summed E-state index contributed by atoms with van der Waals surface area (Å²) in [6, 6.07) is 22.2. The first kappa shape index (κ1) is 32.1. The van der Waals surface area contributed by atoms with E-state index in [0.717, 1.165) is 28.6 Å². The number of thioether (sulfide) groups is 1. The van der Waals surface area contributed by atoms with Gasteiger partial charge in [-0.3, -0.25) is 19.7 Å². The van der Waals surface area contributed by atoms with Gasteiger partial charge in [0.2, 0.25) is 5.91 Å². The highest BCUT2D eigenvalue weighted by Crippen LogP contribution is 2.15. The number of amides is 3. The predicted molar refractivity (Wildman–Crippen MR) is 167 cm³/mol. The first-order valence-corrected chi connectivity index (χ1v) is 14.7. The van der Waals surface area contributed by atoms with E-state index in [0.29, 0.717) is 43.9 Å². The van der Waals surface area contributed by atoms with Gasteiger partial charge in [0.05, 0.1) is 4.92 Å². The van der Waals surface area contributed by atoms with Crippen LogP contribution in [-0.4, -0.2) is 64.9 Å². The van der Waals surface area contributed by atoms with Crippen molar-refractivity contribution >= 4 is 40.2 Å². The number of carbonyl (C=O) groups excluding carboxylic acids is 3. The summed E-state index contributed by atoms with van der Waals surface area (Å²) < 4.78 is 0. The molecule has 10 nitrogen and oxygen atoms in total. The standard InChI is InChI=1S/C31H37N5O5S/c1-23-8-6-7-11-28(23)32-17-18-33-30(38)29(22-26-12-14-27(15-13-26)36(40)41)34-31(39)35(20-21-42-24(2)37)19-16-25-9-4-3-5-10-25/h3-15,29,32H,16-22H2,1-2H3,(H,33,38)(H,34,39)/t29-/m0/s1. The zero-order valence-corrected chi connectivity index (χ0v) is 24.7. The van der Waals surface area contributed by atoms with Crippen LogP contribution in [0.5, 0.6) is 0 Å². The molecule has 0 aliphatic rings. The third-order valence-electron chi connectivity index (χ3n) is 6.55. The summed E-state index contributed by atoms with van der Waals surface area (Å²) >= 11 is 1.14. The quantitative estimate of drug-likeness (QED) is 0.134. The maximum atomic E-state index is 13.5. The van der Waals surface area contributed by atoms with Crippen molar-refractivity contribution in [3.05, 3.63) is 106 Å². The van der Waals surface area contributed by atoms with Gasteiger partial charge in [-0.15, -0.1) is 0 Å². The van der Waals surface area contributed by atoms with Crippen molar-refractivity contribution in [2.75, 3.05) is 37.2 Å². The number of rotatable bonds is 15. The van der Waals surface area contributed by atoms with Crippen LogP contribution in [0.3, 0.4) is 0 Å². The van der Waals surface area contributed by atoms with Crippen LogP contribution in [0.1, 0.15) is 23.6 Å². The summed E-state index contributed by atoms with van der Waals surface area (Å²) in [5, 5.41) is 20.1. The van der Waals surface area contributed by atoms with Gasteiger partial charge in [0, 0.05) is 63.1 Å². The molecule has 42 heavy (non-hydrogen) atoms. The van der Waals surface area contributed by atoms with E-state index in [9.17, 15) is 24.5 Å². The summed E-state index contributed by atoms with van der Waals surface area (Å²) in [6.07, 6.45) is 0.762. The number of non-ortho nitro benzene ring substituents is 1. The second kappa shape index (κ2) is 16.8. The van der Waals surface area contributed by atoms with Crippen LogP contribution in [0, 0.1) is 17.0 Å². The molecule has 3 rings (SSSR count). The molecule has 0 spiro atoms. The van der Waals surface area contributed by atoms with Gasteiger partial charge in [0.1, 0.15) is 6.04 Å². The fourth-order valence-electron chi connectivity index (χ4n) is 4.24. The molecule has 0 bridgehead atoms. The Labute approximate surface area is 250 Å². The Bertz CT molecular complexity index is 1340. The highest BCUT2D eigenvalue weighted by Gasteiger charge is 2.24. The molecule has 0 radical (unpaired) electrons. The molecule has 11 heteroatoms. The predicted octanol–water partition coefficient (Wildman–Crippen LogP) is 4.58. The van der Waals surface area contributed by atoms with Crippen LogP contribution < -0.4 is 16.0 Å². The minimum Gasteiger partial charge on any atom is -0.383 e. The molecule has 0 saturated heterocycles. The van der Waals surface area contributed by atoms with Crippen molar-refractivity contribution in [3.8, 4) is 0 Å². The first-order chi connectivity index (χ1) is 20.2. The second-order valence-corrected chi connectivity index (χ2v) is 11.0.